The van der Waals surface area contributed by atoms with Crippen molar-refractivity contribution in [3.63, 3.8) is 0 Å². The first-order valence-corrected chi connectivity index (χ1v) is 29.4. The summed E-state index contributed by atoms with van der Waals surface area (Å²) in [7, 11) is 5.96. The Balaban J connectivity index is 4.25. The highest BCUT2D eigenvalue weighted by Crippen LogP contribution is 2.16. The molecule has 0 aliphatic heterocycles. The van der Waals surface area contributed by atoms with Gasteiger partial charge in [-0.1, -0.05) is 227 Å². The zero-order valence-electron chi connectivity index (χ0n) is 47.5. The lowest BCUT2D eigenvalue weighted by molar-refractivity contribution is -0.870. The van der Waals surface area contributed by atoms with E-state index in [9.17, 15) is 19.5 Å². The number of carboxylic acids is 1. The van der Waals surface area contributed by atoms with Gasteiger partial charge < -0.3 is 28.5 Å². The second-order valence-corrected chi connectivity index (χ2v) is 20.5. The van der Waals surface area contributed by atoms with Gasteiger partial charge in [0.05, 0.1) is 34.4 Å². The predicted octanol–water partition coefficient (Wildman–Crippen LogP) is 17.3. The Bertz CT molecular complexity index is 1520. The molecule has 0 aliphatic rings. The minimum absolute atomic E-state index is 0.182. The Hall–Kier alpha value is -3.79. The summed E-state index contributed by atoms with van der Waals surface area (Å²) in [5.74, 6) is -2.02. The number of aliphatic carboxylic acids is 1. The largest absolute Gasteiger partial charge is 0.477 e. The average molecular weight is 1020 g/mol. The molecule has 0 aliphatic carbocycles. The lowest BCUT2D eigenvalue weighted by Crippen LogP contribution is -2.40. The normalized spacial score (nSPS) is 13.5. The molecule has 73 heavy (non-hydrogen) atoms. The van der Waals surface area contributed by atoms with Crippen LogP contribution >= 0.6 is 0 Å². The van der Waals surface area contributed by atoms with E-state index in [0.29, 0.717) is 23.9 Å². The number of allylic oxidation sites excluding steroid dienone is 16. The third kappa shape index (κ3) is 55.8. The summed E-state index contributed by atoms with van der Waals surface area (Å²) < 4.78 is 22.9. The fourth-order valence-electron chi connectivity index (χ4n) is 7.88. The third-order valence-corrected chi connectivity index (χ3v) is 12.3. The van der Waals surface area contributed by atoms with E-state index in [-0.39, 0.29) is 32.2 Å². The Labute approximate surface area is 448 Å². The van der Waals surface area contributed by atoms with Gasteiger partial charge in [-0.25, -0.2) is 4.79 Å². The van der Waals surface area contributed by atoms with Crippen LogP contribution in [0.1, 0.15) is 232 Å². The van der Waals surface area contributed by atoms with Gasteiger partial charge in [-0.2, -0.15) is 0 Å². The van der Waals surface area contributed by atoms with Gasteiger partial charge >= 0.3 is 17.9 Å². The average Bonchev–Trinajstić information content (AvgIpc) is 3.36. The molecule has 0 heterocycles. The van der Waals surface area contributed by atoms with E-state index in [1.807, 2.05) is 21.1 Å². The number of likely N-dealkylation sites (N-methyl/N-ethyl adjacent to an activating group) is 1. The number of carbonyl (C=O) groups excluding carboxylic acids is 2. The molecule has 1 N–H and O–H groups in total. The van der Waals surface area contributed by atoms with Gasteiger partial charge in [0.1, 0.15) is 13.2 Å². The van der Waals surface area contributed by atoms with Gasteiger partial charge in [-0.3, -0.25) is 9.59 Å². The second kappa shape index (κ2) is 54.5. The summed E-state index contributed by atoms with van der Waals surface area (Å²) >= 11 is 0. The summed E-state index contributed by atoms with van der Waals surface area (Å²) in [5.41, 5.74) is 0. The van der Waals surface area contributed by atoms with Crippen LogP contribution < -0.4 is 0 Å². The molecule has 0 saturated carbocycles. The smallest absolute Gasteiger partial charge is 0.361 e. The molecule has 0 amide bonds. The molecule has 418 valence electrons. The van der Waals surface area contributed by atoms with Crippen LogP contribution in [0.2, 0.25) is 0 Å². The fraction of sp³-hybridized carbons (Fsp3) is 0.703. The van der Waals surface area contributed by atoms with Crippen molar-refractivity contribution in [2.45, 2.75) is 245 Å². The van der Waals surface area contributed by atoms with Crippen LogP contribution in [-0.2, 0) is 33.3 Å². The minimum atomic E-state index is -1.52. The standard InChI is InChI=1S/C64H109NO8/c1-6-8-10-12-14-16-18-20-22-24-26-28-30-31-33-35-37-39-41-43-45-47-49-51-53-55-62(67)73-60(59-72-64(63(68)69)70-57-56-65(3,4)5)58-71-61(66)54-52-50-48-46-44-42-40-38-36-34-32-29-27-25-23-21-19-17-15-13-11-9-7-2/h8-11,14-17,20-23,26-29,60,64H,6-7,12-13,18-19,24-25,30-59H2,1-5H3/p+1/b10-8-,11-9-,16-14-,17-15-,22-20-,23-21-,28-26-,29-27-. The van der Waals surface area contributed by atoms with Crippen molar-refractivity contribution in [2.24, 2.45) is 0 Å². The maximum atomic E-state index is 12.9. The fourth-order valence-corrected chi connectivity index (χ4v) is 7.88. The number of unbranched alkanes of at least 4 members (excludes halogenated alkanes) is 22. The molecule has 0 bridgehead atoms. The number of hydrogen-bond acceptors (Lipinski definition) is 7. The topological polar surface area (TPSA) is 108 Å². The van der Waals surface area contributed by atoms with Gasteiger partial charge in [-0.05, 0) is 89.9 Å². The van der Waals surface area contributed by atoms with Crippen LogP contribution in [0.5, 0.6) is 0 Å². The predicted molar refractivity (Wildman–Crippen MR) is 309 cm³/mol. The third-order valence-electron chi connectivity index (χ3n) is 12.3. The minimum Gasteiger partial charge on any atom is -0.477 e. The summed E-state index contributed by atoms with van der Waals surface area (Å²) in [5, 5.41) is 9.71. The lowest BCUT2D eigenvalue weighted by atomic mass is 10.0. The molecule has 9 nitrogen and oxygen atoms in total. The molecule has 0 radical (unpaired) electrons. The Kier molecular flexibility index (Phi) is 51.6. The molecular formula is C64H110NO8+. The molecule has 2 unspecified atom stereocenters. The van der Waals surface area contributed by atoms with Crippen molar-refractivity contribution in [1.82, 2.24) is 0 Å². The molecule has 2 atom stereocenters. The van der Waals surface area contributed by atoms with Gasteiger partial charge in [0.25, 0.3) is 6.29 Å². The van der Waals surface area contributed by atoms with E-state index in [4.69, 9.17) is 18.9 Å². The Morgan fingerprint density at radius 2 is 0.740 bits per heavy atom. The number of esters is 2. The number of quaternary nitrogens is 1. The van der Waals surface area contributed by atoms with Gasteiger partial charge in [0.2, 0.25) is 0 Å². The number of carbonyl (C=O) groups is 3. The van der Waals surface area contributed by atoms with E-state index in [1.165, 1.54) is 103 Å². The second-order valence-electron chi connectivity index (χ2n) is 20.5. The Morgan fingerprint density at radius 3 is 1.10 bits per heavy atom. The summed E-state index contributed by atoms with van der Waals surface area (Å²) in [6.07, 6.45) is 70.5. The highest BCUT2D eigenvalue weighted by molar-refractivity contribution is 5.71. The van der Waals surface area contributed by atoms with E-state index in [0.717, 1.165) is 96.3 Å². The molecule has 9 heteroatoms. The van der Waals surface area contributed by atoms with E-state index < -0.39 is 24.3 Å². The quantitative estimate of drug-likeness (QED) is 0.0211. The van der Waals surface area contributed by atoms with Crippen molar-refractivity contribution >= 4 is 17.9 Å². The summed E-state index contributed by atoms with van der Waals surface area (Å²) in [4.78, 5) is 37.5. The highest BCUT2D eigenvalue weighted by Gasteiger charge is 2.25. The van der Waals surface area contributed by atoms with Crippen LogP contribution in [0, 0.1) is 0 Å². The Morgan fingerprint density at radius 1 is 0.411 bits per heavy atom. The highest BCUT2D eigenvalue weighted by atomic mass is 16.7. The summed E-state index contributed by atoms with van der Waals surface area (Å²) in [6, 6.07) is 0. The lowest BCUT2D eigenvalue weighted by Gasteiger charge is -2.25. The molecule has 0 aromatic rings. The van der Waals surface area contributed by atoms with E-state index in [2.05, 4.69) is 111 Å². The first kappa shape index (κ1) is 69.2. The number of carboxylic acid groups (broad SMARTS) is 1. The van der Waals surface area contributed by atoms with Gasteiger partial charge in [0.15, 0.2) is 6.10 Å². The van der Waals surface area contributed by atoms with Crippen LogP contribution in [0.4, 0.5) is 0 Å². The maximum absolute atomic E-state index is 12.9. The van der Waals surface area contributed by atoms with Crippen molar-refractivity contribution in [2.75, 3.05) is 47.5 Å². The number of rotatable bonds is 53. The van der Waals surface area contributed by atoms with Crippen molar-refractivity contribution in [1.29, 1.82) is 0 Å². The number of nitrogens with zero attached hydrogens (tertiary/aromatic N) is 1. The SMILES string of the molecule is CC/C=C\C/C=C\C/C=C\C/C=C\CCCCCCCCCCCCCCC(=O)OC(COC(=O)CCCCCCCCCCCC/C=C\C/C=C\C/C=C\C/C=C\CC)COC(OCC[N+](C)(C)C)C(=O)O. The van der Waals surface area contributed by atoms with Crippen LogP contribution in [0.15, 0.2) is 97.2 Å². The number of ether oxygens (including phenoxy) is 4. The molecule has 0 rings (SSSR count). The molecule has 0 spiro atoms. The first-order chi connectivity index (χ1) is 35.6. The zero-order valence-corrected chi connectivity index (χ0v) is 47.5. The first-order valence-electron chi connectivity index (χ1n) is 29.4. The van der Waals surface area contributed by atoms with Gasteiger partial charge in [0, 0.05) is 12.8 Å². The van der Waals surface area contributed by atoms with Crippen LogP contribution in [-0.4, -0.2) is 87.4 Å². The maximum Gasteiger partial charge on any atom is 0.361 e. The summed E-state index contributed by atoms with van der Waals surface area (Å²) in [6.45, 7) is 4.65. The molecule has 0 saturated heterocycles. The van der Waals surface area contributed by atoms with Crippen molar-refractivity contribution in [3.05, 3.63) is 97.2 Å². The molecule has 0 aromatic heterocycles. The number of hydrogen-bond donors (Lipinski definition) is 1. The van der Waals surface area contributed by atoms with Crippen molar-refractivity contribution < 1.29 is 42.9 Å². The molecule has 0 aromatic carbocycles. The zero-order chi connectivity index (χ0) is 53.4. The monoisotopic (exact) mass is 1020 g/mol. The van der Waals surface area contributed by atoms with Crippen LogP contribution in [0.25, 0.3) is 0 Å². The van der Waals surface area contributed by atoms with E-state index >= 15 is 0 Å². The van der Waals surface area contributed by atoms with E-state index in [1.54, 1.807) is 0 Å². The molecule has 0 fully saturated rings. The molecular weight excluding hydrogens is 911 g/mol. The van der Waals surface area contributed by atoms with Crippen molar-refractivity contribution in [3.8, 4) is 0 Å². The van der Waals surface area contributed by atoms with Gasteiger partial charge in [-0.15, -0.1) is 0 Å². The van der Waals surface area contributed by atoms with Crippen LogP contribution in [0.3, 0.4) is 0 Å².